The van der Waals surface area contributed by atoms with Gasteiger partial charge in [-0.2, -0.15) is 0 Å². The number of carbonyl (C=O) groups is 1. The molecule has 8 nitrogen and oxygen atoms in total. The fourth-order valence-electron chi connectivity index (χ4n) is 2.60. The first-order valence-electron chi connectivity index (χ1n) is 6.75. The number of rotatable bonds is 4. The summed E-state index contributed by atoms with van der Waals surface area (Å²) in [5.41, 5.74) is 5.20. The summed E-state index contributed by atoms with van der Waals surface area (Å²) < 4.78 is 0. The number of aromatic nitrogens is 1. The molecule has 0 bridgehead atoms. The van der Waals surface area contributed by atoms with Crippen LogP contribution < -0.4 is 5.73 Å². The molecular formula is C13H19N5O3. The first kappa shape index (κ1) is 15.2. The third-order valence-corrected chi connectivity index (χ3v) is 3.83. The number of likely N-dealkylation sites (N-methyl/N-ethyl adjacent to an activating group) is 2. The first-order valence-corrected chi connectivity index (χ1v) is 6.75. The van der Waals surface area contributed by atoms with E-state index in [4.69, 9.17) is 5.73 Å². The molecule has 1 aromatic heterocycles. The molecule has 1 fully saturated rings. The molecule has 0 aromatic carbocycles. The Labute approximate surface area is 122 Å². The van der Waals surface area contributed by atoms with Crippen molar-refractivity contribution in [3.05, 3.63) is 27.9 Å². The average molecular weight is 293 g/mol. The molecule has 2 rings (SSSR count). The van der Waals surface area contributed by atoms with Gasteiger partial charge in [-0.25, -0.2) is 4.98 Å². The highest BCUT2D eigenvalue weighted by atomic mass is 16.6. The van der Waals surface area contributed by atoms with E-state index in [0.717, 1.165) is 25.6 Å². The summed E-state index contributed by atoms with van der Waals surface area (Å²) in [6.07, 6.45) is 3.15. The predicted molar refractivity (Wildman–Crippen MR) is 77.9 cm³/mol. The van der Waals surface area contributed by atoms with Gasteiger partial charge < -0.3 is 15.5 Å². The van der Waals surface area contributed by atoms with Crippen molar-refractivity contribution in [2.24, 2.45) is 0 Å². The number of hydrogen-bond donors (Lipinski definition) is 1. The third kappa shape index (κ3) is 3.27. The van der Waals surface area contributed by atoms with Crippen LogP contribution in [-0.4, -0.2) is 58.8 Å². The highest BCUT2D eigenvalue weighted by Gasteiger charge is 2.28. The molecule has 8 heteroatoms. The minimum atomic E-state index is -0.616. The standard InChI is InChI=1S/C13H19N5O3/c1-16-5-3-4-9(16)8-17(2)13(19)10-6-12(14)15-7-11(10)18(20)21/h6-7,9H,3-5,8H2,1-2H3,(H2,14,15). The summed E-state index contributed by atoms with van der Waals surface area (Å²) in [5.74, 6) is -0.313. The third-order valence-electron chi connectivity index (χ3n) is 3.83. The minimum Gasteiger partial charge on any atom is -0.384 e. The lowest BCUT2D eigenvalue weighted by Crippen LogP contribution is -2.39. The second kappa shape index (κ2) is 6.04. The number of amides is 1. The molecule has 1 aromatic rings. The van der Waals surface area contributed by atoms with Crippen molar-refractivity contribution in [3.8, 4) is 0 Å². The van der Waals surface area contributed by atoms with Crippen LogP contribution in [0.2, 0.25) is 0 Å². The Morgan fingerprint density at radius 2 is 2.38 bits per heavy atom. The van der Waals surface area contributed by atoms with E-state index in [0.29, 0.717) is 6.54 Å². The zero-order valence-electron chi connectivity index (χ0n) is 12.2. The van der Waals surface area contributed by atoms with Crippen molar-refractivity contribution in [1.82, 2.24) is 14.8 Å². The first-order chi connectivity index (χ1) is 9.90. The fourth-order valence-corrected chi connectivity index (χ4v) is 2.60. The van der Waals surface area contributed by atoms with Crippen LogP contribution in [-0.2, 0) is 0 Å². The van der Waals surface area contributed by atoms with Crippen LogP contribution in [0.4, 0.5) is 11.5 Å². The van der Waals surface area contributed by atoms with E-state index in [1.54, 1.807) is 7.05 Å². The van der Waals surface area contributed by atoms with E-state index in [9.17, 15) is 14.9 Å². The van der Waals surface area contributed by atoms with Crippen molar-refractivity contribution in [3.63, 3.8) is 0 Å². The SMILES string of the molecule is CN(CC1CCCN1C)C(=O)c1cc(N)ncc1[N+](=O)[O-]. The fraction of sp³-hybridized carbons (Fsp3) is 0.538. The Morgan fingerprint density at radius 3 is 2.95 bits per heavy atom. The molecule has 1 aliphatic heterocycles. The summed E-state index contributed by atoms with van der Waals surface area (Å²) in [6.45, 7) is 1.55. The lowest BCUT2D eigenvalue weighted by Gasteiger charge is -2.25. The molecule has 0 spiro atoms. The maximum Gasteiger partial charge on any atom is 0.300 e. The Balaban J connectivity index is 2.19. The molecule has 1 aliphatic rings. The second-order valence-corrected chi connectivity index (χ2v) is 5.35. The topological polar surface area (TPSA) is 106 Å². The number of nitro groups is 1. The van der Waals surface area contributed by atoms with E-state index in [1.807, 2.05) is 7.05 Å². The number of likely N-dealkylation sites (tertiary alicyclic amines) is 1. The summed E-state index contributed by atoms with van der Waals surface area (Å²) in [6, 6.07) is 1.55. The van der Waals surface area contributed by atoms with Gasteiger partial charge in [-0.1, -0.05) is 0 Å². The van der Waals surface area contributed by atoms with Gasteiger partial charge in [0.1, 0.15) is 17.6 Å². The largest absolute Gasteiger partial charge is 0.384 e. The van der Waals surface area contributed by atoms with Crippen LogP contribution in [0.5, 0.6) is 0 Å². The Kier molecular flexibility index (Phi) is 4.37. The minimum absolute atomic E-state index is 0.0179. The molecule has 2 N–H and O–H groups in total. The number of nitrogens with two attached hydrogens (primary N) is 1. The van der Waals surface area contributed by atoms with E-state index in [1.165, 1.54) is 11.0 Å². The van der Waals surface area contributed by atoms with Crippen molar-refractivity contribution in [2.45, 2.75) is 18.9 Å². The monoisotopic (exact) mass is 293 g/mol. The van der Waals surface area contributed by atoms with Crippen LogP contribution >= 0.6 is 0 Å². The molecule has 1 unspecified atom stereocenters. The van der Waals surface area contributed by atoms with Crippen LogP contribution in [0.3, 0.4) is 0 Å². The van der Waals surface area contributed by atoms with Crippen molar-refractivity contribution in [1.29, 1.82) is 0 Å². The molecule has 2 heterocycles. The van der Waals surface area contributed by atoms with E-state index < -0.39 is 10.8 Å². The zero-order valence-corrected chi connectivity index (χ0v) is 12.2. The molecule has 1 amide bonds. The lowest BCUT2D eigenvalue weighted by atomic mass is 10.1. The predicted octanol–water partition coefficient (Wildman–Crippen LogP) is 0.738. The second-order valence-electron chi connectivity index (χ2n) is 5.35. The molecular weight excluding hydrogens is 274 g/mol. The van der Waals surface area contributed by atoms with E-state index in [2.05, 4.69) is 9.88 Å². The number of nitrogen functional groups attached to an aromatic ring is 1. The normalized spacial score (nSPS) is 18.7. The molecule has 0 radical (unpaired) electrons. The smallest absolute Gasteiger partial charge is 0.300 e. The Bertz CT molecular complexity index is 563. The van der Waals surface area contributed by atoms with Gasteiger partial charge in [0.05, 0.1) is 4.92 Å². The van der Waals surface area contributed by atoms with Crippen LogP contribution in [0.25, 0.3) is 0 Å². The van der Waals surface area contributed by atoms with Crippen LogP contribution in [0.15, 0.2) is 12.3 Å². The lowest BCUT2D eigenvalue weighted by molar-refractivity contribution is -0.385. The number of pyridine rings is 1. The summed E-state index contributed by atoms with van der Waals surface area (Å²) in [4.78, 5) is 30.2. The van der Waals surface area contributed by atoms with Gasteiger partial charge in [-0.3, -0.25) is 14.9 Å². The van der Waals surface area contributed by atoms with Gasteiger partial charge in [-0.05, 0) is 32.5 Å². The Morgan fingerprint density at radius 1 is 1.67 bits per heavy atom. The summed E-state index contributed by atoms with van der Waals surface area (Å²) in [7, 11) is 3.66. The summed E-state index contributed by atoms with van der Waals surface area (Å²) in [5, 5.41) is 11.0. The number of anilines is 1. The van der Waals surface area contributed by atoms with E-state index in [-0.39, 0.29) is 23.1 Å². The maximum atomic E-state index is 12.4. The van der Waals surface area contributed by atoms with Gasteiger partial charge >= 0.3 is 0 Å². The molecule has 1 saturated heterocycles. The molecule has 1 atom stereocenters. The van der Waals surface area contributed by atoms with Crippen LogP contribution in [0, 0.1) is 10.1 Å². The molecule has 0 saturated carbocycles. The molecule has 0 aliphatic carbocycles. The van der Waals surface area contributed by atoms with Gasteiger partial charge in [-0.15, -0.1) is 0 Å². The Hall–Kier alpha value is -2.22. The number of carbonyl (C=O) groups excluding carboxylic acids is 1. The van der Waals surface area contributed by atoms with Crippen molar-refractivity contribution < 1.29 is 9.72 Å². The zero-order chi connectivity index (χ0) is 15.6. The number of hydrogen-bond acceptors (Lipinski definition) is 6. The number of nitrogens with zero attached hydrogens (tertiary/aromatic N) is 4. The van der Waals surface area contributed by atoms with Gasteiger partial charge in [0, 0.05) is 19.6 Å². The maximum absolute atomic E-state index is 12.4. The van der Waals surface area contributed by atoms with Gasteiger partial charge in [0.2, 0.25) is 0 Å². The highest BCUT2D eigenvalue weighted by Crippen LogP contribution is 2.22. The van der Waals surface area contributed by atoms with Crippen molar-refractivity contribution in [2.75, 3.05) is 32.9 Å². The van der Waals surface area contributed by atoms with Gasteiger partial charge in [0.15, 0.2) is 0 Å². The van der Waals surface area contributed by atoms with E-state index >= 15 is 0 Å². The molecule has 114 valence electrons. The highest BCUT2D eigenvalue weighted by molar-refractivity contribution is 5.98. The average Bonchev–Trinajstić information content (AvgIpc) is 2.83. The van der Waals surface area contributed by atoms with Crippen LogP contribution in [0.1, 0.15) is 23.2 Å². The molecule has 21 heavy (non-hydrogen) atoms. The van der Waals surface area contributed by atoms with Crippen molar-refractivity contribution >= 4 is 17.4 Å². The van der Waals surface area contributed by atoms with Gasteiger partial charge in [0.25, 0.3) is 11.6 Å². The summed E-state index contributed by atoms with van der Waals surface area (Å²) >= 11 is 0. The quantitative estimate of drug-likeness (QED) is 0.648.